The van der Waals surface area contributed by atoms with Crippen molar-refractivity contribution < 1.29 is 14.4 Å². The minimum Gasteiger partial charge on any atom is -0.279 e. The highest BCUT2D eigenvalue weighted by molar-refractivity contribution is 6.67. The van der Waals surface area contributed by atoms with Gasteiger partial charge in [-0.1, -0.05) is 18.6 Å². The zero-order chi connectivity index (χ0) is 13.8. The van der Waals surface area contributed by atoms with Crippen LogP contribution in [0.3, 0.4) is 0 Å². The summed E-state index contributed by atoms with van der Waals surface area (Å²) in [6.45, 7) is 0.441. The van der Waals surface area contributed by atoms with E-state index in [9.17, 15) is 14.4 Å². The Morgan fingerprint density at radius 1 is 1.11 bits per heavy atom. The summed E-state index contributed by atoms with van der Waals surface area (Å²) in [5.74, 6) is -0.503. The first-order chi connectivity index (χ1) is 9.09. The highest BCUT2D eigenvalue weighted by Crippen LogP contribution is 2.16. The van der Waals surface area contributed by atoms with Gasteiger partial charge in [0.2, 0.25) is 5.91 Å². The summed E-state index contributed by atoms with van der Waals surface area (Å²) in [6.07, 6.45) is 3.00. The van der Waals surface area contributed by atoms with E-state index in [2.05, 4.69) is 0 Å². The van der Waals surface area contributed by atoms with Crippen molar-refractivity contribution in [2.75, 3.05) is 6.54 Å². The van der Waals surface area contributed by atoms with Crippen molar-refractivity contribution in [1.29, 1.82) is 0 Å². The molecule has 0 unspecified atom stereocenters. The summed E-state index contributed by atoms with van der Waals surface area (Å²) in [4.78, 5) is 36.5. The van der Waals surface area contributed by atoms with Crippen LogP contribution in [0.5, 0.6) is 0 Å². The molecule has 19 heavy (non-hydrogen) atoms. The first kappa shape index (κ1) is 13.7. The van der Waals surface area contributed by atoms with Gasteiger partial charge < -0.3 is 0 Å². The van der Waals surface area contributed by atoms with Crippen molar-refractivity contribution in [1.82, 2.24) is 4.90 Å². The number of amides is 2. The van der Waals surface area contributed by atoms with Gasteiger partial charge in [0, 0.05) is 24.1 Å². The van der Waals surface area contributed by atoms with Crippen molar-refractivity contribution >= 4 is 28.7 Å². The van der Waals surface area contributed by atoms with Crippen LogP contribution < -0.4 is 0 Å². The van der Waals surface area contributed by atoms with E-state index >= 15 is 0 Å². The Morgan fingerprint density at radius 2 is 1.84 bits per heavy atom. The number of carbonyl (C=O) groups excluding carboxylic acids is 3. The molecule has 1 saturated heterocycles. The van der Waals surface area contributed by atoms with Crippen LogP contribution >= 0.6 is 11.6 Å². The lowest BCUT2D eigenvalue weighted by atomic mass is 10.1. The van der Waals surface area contributed by atoms with Crippen molar-refractivity contribution in [2.45, 2.75) is 25.7 Å². The minimum atomic E-state index is -0.614. The molecule has 1 aromatic rings. The van der Waals surface area contributed by atoms with Crippen LogP contribution in [0.4, 0.5) is 0 Å². The van der Waals surface area contributed by atoms with Gasteiger partial charge in [-0.3, -0.25) is 19.3 Å². The molecular formula is C14H14ClNO3. The van der Waals surface area contributed by atoms with Gasteiger partial charge >= 0.3 is 0 Å². The number of benzene rings is 1. The second-order valence-corrected chi connectivity index (χ2v) is 4.86. The van der Waals surface area contributed by atoms with Crippen molar-refractivity contribution in [3.63, 3.8) is 0 Å². The topological polar surface area (TPSA) is 54.5 Å². The summed E-state index contributed by atoms with van der Waals surface area (Å²) in [5.41, 5.74) is 0.580. The third kappa shape index (κ3) is 3.20. The Morgan fingerprint density at radius 3 is 2.58 bits per heavy atom. The average molecular weight is 280 g/mol. The first-order valence-corrected chi connectivity index (χ1v) is 6.62. The van der Waals surface area contributed by atoms with E-state index in [4.69, 9.17) is 11.6 Å². The van der Waals surface area contributed by atoms with Gasteiger partial charge in [0.05, 0.1) is 0 Å². The smallest absolute Gasteiger partial charge is 0.260 e. The van der Waals surface area contributed by atoms with Crippen LogP contribution in [0.1, 0.15) is 46.4 Å². The summed E-state index contributed by atoms with van der Waals surface area (Å²) < 4.78 is 0. The Balaban J connectivity index is 2.25. The second kappa shape index (κ2) is 5.97. The lowest BCUT2D eigenvalue weighted by Crippen LogP contribution is -2.36. The number of hydrogen-bond acceptors (Lipinski definition) is 3. The molecule has 1 fully saturated rings. The first-order valence-electron chi connectivity index (χ1n) is 6.24. The zero-order valence-electron chi connectivity index (χ0n) is 10.4. The molecule has 0 aliphatic carbocycles. The highest BCUT2D eigenvalue weighted by Gasteiger charge is 2.24. The number of imide groups is 1. The van der Waals surface area contributed by atoms with Gasteiger partial charge in [-0.25, -0.2) is 0 Å². The van der Waals surface area contributed by atoms with Crippen LogP contribution in [0.2, 0.25) is 0 Å². The van der Waals surface area contributed by atoms with Gasteiger partial charge in [0.1, 0.15) is 0 Å². The normalized spacial score (nSPS) is 16.1. The number of nitrogens with zero attached hydrogens (tertiary/aromatic N) is 1. The van der Waals surface area contributed by atoms with Gasteiger partial charge in [0.15, 0.2) is 0 Å². The lowest BCUT2D eigenvalue weighted by molar-refractivity contribution is -0.128. The van der Waals surface area contributed by atoms with Crippen molar-refractivity contribution in [3.8, 4) is 0 Å². The van der Waals surface area contributed by atoms with E-state index in [1.54, 1.807) is 12.1 Å². The lowest BCUT2D eigenvalue weighted by Gasteiger charge is -2.18. The summed E-state index contributed by atoms with van der Waals surface area (Å²) in [6, 6.07) is 6.14. The van der Waals surface area contributed by atoms with E-state index < -0.39 is 5.24 Å². The molecule has 0 aromatic heterocycles. The van der Waals surface area contributed by atoms with Gasteiger partial charge in [-0.05, 0) is 36.6 Å². The molecule has 5 heteroatoms. The van der Waals surface area contributed by atoms with Gasteiger partial charge in [-0.2, -0.15) is 0 Å². The Kier molecular flexibility index (Phi) is 4.32. The van der Waals surface area contributed by atoms with Crippen LogP contribution in [0.15, 0.2) is 24.3 Å². The zero-order valence-corrected chi connectivity index (χ0v) is 11.2. The summed E-state index contributed by atoms with van der Waals surface area (Å²) in [7, 11) is 0. The van der Waals surface area contributed by atoms with Crippen LogP contribution in [0.25, 0.3) is 0 Å². The molecule has 1 aliphatic rings. The SMILES string of the molecule is O=C(Cl)c1cccc(C(=O)N2CCCCCC2=O)c1. The number of rotatable bonds is 2. The molecule has 4 nitrogen and oxygen atoms in total. The van der Waals surface area contributed by atoms with Crippen LogP contribution in [0, 0.1) is 0 Å². The molecule has 0 atom stereocenters. The molecule has 0 spiro atoms. The predicted octanol–water partition coefficient (Wildman–Crippen LogP) is 2.61. The molecule has 0 bridgehead atoms. The maximum Gasteiger partial charge on any atom is 0.260 e. The largest absolute Gasteiger partial charge is 0.279 e. The molecule has 100 valence electrons. The molecule has 0 saturated carbocycles. The highest BCUT2D eigenvalue weighted by atomic mass is 35.5. The second-order valence-electron chi connectivity index (χ2n) is 4.52. The third-order valence-corrected chi connectivity index (χ3v) is 3.37. The molecule has 1 heterocycles. The van der Waals surface area contributed by atoms with Crippen LogP contribution in [-0.2, 0) is 4.79 Å². The maximum absolute atomic E-state index is 12.3. The molecule has 2 amide bonds. The van der Waals surface area contributed by atoms with E-state index in [0.717, 1.165) is 19.3 Å². The fourth-order valence-corrected chi connectivity index (χ4v) is 2.25. The van der Waals surface area contributed by atoms with E-state index in [1.165, 1.54) is 17.0 Å². The number of hydrogen-bond donors (Lipinski definition) is 0. The van der Waals surface area contributed by atoms with E-state index in [-0.39, 0.29) is 17.4 Å². The summed E-state index contributed by atoms with van der Waals surface area (Å²) in [5, 5.41) is -0.614. The van der Waals surface area contributed by atoms with Crippen molar-refractivity contribution in [3.05, 3.63) is 35.4 Å². The molecule has 1 aliphatic heterocycles. The van der Waals surface area contributed by atoms with E-state index in [0.29, 0.717) is 18.5 Å². The fourth-order valence-electron chi connectivity index (χ4n) is 2.13. The third-order valence-electron chi connectivity index (χ3n) is 3.16. The monoisotopic (exact) mass is 279 g/mol. The van der Waals surface area contributed by atoms with Crippen molar-refractivity contribution in [2.24, 2.45) is 0 Å². The molecule has 2 rings (SSSR count). The number of likely N-dealkylation sites (tertiary alicyclic amines) is 1. The Bertz CT molecular complexity index is 527. The van der Waals surface area contributed by atoms with Crippen LogP contribution in [-0.4, -0.2) is 28.5 Å². The Hall–Kier alpha value is -1.68. The predicted molar refractivity (Wildman–Crippen MR) is 71.1 cm³/mol. The fraction of sp³-hybridized carbons (Fsp3) is 0.357. The standard InChI is InChI=1S/C14H14ClNO3/c15-13(18)10-5-4-6-11(9-10)14(19)16-8-3-1-2-7-12(16)17/h4-6,9H,1-3,7-8H2. The van der Waals surface area contributed by atoms with Gasteiger partial charge in [-0.15, -0.1) is 0 Å². The minimum absolute atomic E-state index is 0.148. The van der Waals surface area contributed by atoms with E-state index in [1.807, 2.05) is 0 Å². The Labute approximate surface area is 116 Å². The van der Waals surface area contributed by atoms with Gasteiger partial charge in [0.25, 0.3) is 11.1 Å². The molecule has 0 N–H and O–H groups in total. The number of halogens is 1. The molecular weight excluding hydrogens is 266 g/mol. The summed E-state index contributed by atoms with van der Waals surface area (Å²) >= 11 is 5.39. The quantitative estimate of drug-likeness (QED) is 0.618. The maximum atomic E-state index is 12.3. The molecule has 1 aromatic carbocycles. The number of carbonyl (C=O) groups is 3. The average Bonchev–Trinajstić information content (AvgIpc) is 2.63. The molecule has 0 radical (unpaired) electrons.